The van der Waals surface area contributed by atoms with Crippen LogP contribution in [0.1, 0.15) is 53.4 Å². The fourth-order valence-corrected chi connectivity index (χ4v) is 3.28. The van der Waals surface area contributed by atoms with Gasteiger partial charge in [-0.15, -0.1) is 13.2 Å². The van der Waals surface area contributed by atoms with Crippen molar-refractivity contribution >= 4 is 18.0 Å². The molecule has 0 bridgehead atoms. The highest BCUT2D eigenvalue weighted by Gasteiger charge is 2.47. The number of carbonyl (C=O) groups excluding carboxylic acids is 3. The second kappa shape index (κ2) is 9.06. The van der Waals surface area contributed by atoms with E-state index in [1.165, 1.54) is 12.0 Å². The Morgan fingerprint density at radius 1 is 1.15 bits per heavy atom. The summed E-state index contributed by atoms with van der Waals surface area (Å²) in [6.45, 7) is 14.3. The first-order chi connectivity index (χ1) is 12.5. The van der Waals surface area contributed by atoms with Crippen molar-refractivity contribution in [3.8, 4) is 0 Å². The largest absolute Gasteiger partial charge is 0.467 e. The van der Waals surface area contributed by atoms with E-state index < -0.39 is 29.2 Å². The van der Waals surface area contributed by atoms with Crippen LogP contribution in [0.15, 0.2) is 25.3 Å². The van der Waals surface area contributed by atoms with Gasteiger partial charge < -0.3 is 19.7 Å². The van der Waals surface area contributed by atoms with E-state index in [0.29, 0.717) is 19.3 Å². The van der Waals surface area contributed by atoms with Gasteiger partial charge >= 0.3 is 12.1 Å². The summed E-state index contributed by atoms with van der Waals surface area (Å²) in [4.78, 5) is 39.5. The molecule has 2 amide bonds. The highest BCUT2D eigenvalue weighted by atomic mass is 16.6. The fraction of sp³-hybridized carbons (Fsp3) is 0.650. The molecule has 152 valence electrons. The number of rotatable bonds is 7. The van der Waals surface area contributed by atoms with Crippen LogP contribution >= 0.6 is 0 Å². The molecule has 1 rings (SSSR count). The molecule has 1 saturated heterocycles. The van der Waals surface area contributed by atoms with E-state index in [0.717, 1.165) is 0 Å². The Morgan fingerprint density at radius 3 is 2.26 bits per heavy atom. The molecule has 0 aromatic heterocycles. The summed E-state index contributed by atoms with van der Waals surface area (Å²) in [5.41, 5.74) is -1.99. The minimum absolute atomic E-state index is 0.177. The molecule has 0 aromatic rings. The molecule has 7 nitrogen and oxygen atoms in total. The summed E-state index contributed by atoms with van der Waals surface area (Å²) in [7, 11) is 1.30. The van der Waals surface area contributed by atoms with Crippen LogP contribution in [0.2, 0.25) is 0 Å². The van der Waals surface area contributed by atoms with Crippen LogP contribution in [0.5, 0.6) is 0 Å². The highest BCUT2D eigenvalue weighted by Crippen LogP contribution is 2.31. The molecule has 1 heterocycles. The van der Waals surface area contributed by atoms with Gasteiger partial charge in [0.1, 0.15) is 17.2 Å². The van der Waals surface area contributed by atoms with E-state index in [1.807, 2.05) is 0 Å². The second-order valence-electron chi connectivity index (χ2n) is 7.96. The Labute approximate surface area is 161 Å². The second-order valence-corrected chi connectivity index (χ2v) is 7.96. The zero-order valence-electron chi connectivity index (χ0n) is 17.0. The number of nitrogens with zero attached hydrogens (tertiary/aromatic N) is 1. The molecular formula is C20H32N2O5. The third-order valence-corrected chi connectivity index (χ3v) is 4.45. The average Bonchev–Trinajstić information content (AvgIpc) is 2.95. The number of amides is 2. The Hall–Kier alpha value is -2.31. The first kappa shape index (κ1) is 22.7. The van der Waals surface area contributed by atoms with Crippen LogP contribution in [0.3, 0.4) is 0 Å². The number of nitrogens with one attached hydrogen (secondary N) is 1. The van der Waals surface area contributed by atoms with E-state index in [4.69, 9.17) is 9.47 Å². The summed E-state index contributed by atoms with van der Waals surface area (Å²) in [5.74, 6) is -0.832. The van der Waals surface area contributed by atoms with E-state index in [-0.39, 0.29) is 18.4 Å². The Bertz CT molecular complexity index is 596. The minimum Gasteiger partial charge on any atom is -0.467 e. The lowest BCUT2D eigenvalue weighted by Crippen LogP contribution is -2.61. The first-order valence-electron chi connectivity index (χ1n) is 9.12. The van der Waals surface area contributed by atoms with Crippen LogP contribution in [-0.4, -0.2) is 53.2 Å². The molecule has 27 heavy (non-hydrogen) atoms. The number of alkyl carbamates (subject to hydrolysis) is 1. The predicted octanol–water partition coefficient (Wildman–Crippen LogP) is 2.95. The number of esters is 1. The number of carbonyl (C=O) groups is 3. The maximum atomic E-state index is 13.4. The molecule has 1 fully saturated rings. The molecule has 0 aromatic carbocycles. The topological polar surface area (TPSA) is 84.9 Å². The Morgan fingerprint density at radius 2 is 1.78 bits per heavy atom. The zero-order chi connectivity index (χ0) is 20.8. The maximum absolute atomic E-state index is 13.4. The molecule has 1 N–H and O–H groups in total. The Kier molecular flexibility index (Phi) is 7.63. The molecular weight excluding hydrogens is 348 g/mol. The molecule has 1 aliphatic heterocycles. The summed E-state index contributed by atoms with van der Waals surface area (Å²) in [6.07, 6.45) is 4.49. The minimum atomic E-state index is -1.29. The Balaban J connectivity index is 3.16. The lowest BCUT2D eigenvalue weighted by Gasteiger charge is -2.38. The standard InChI is InChI=1S/C20H32N2O5/c1-8-10-14-11-12-15(16(23)26-7)22(14)17(24)20(6,13-9-2)21-18(25)27-19(3,4)5/h8-9,14-15H,1-2,10-13H2,3-7H3,(H,21,25)/t14?,15-,20-/m0/s1. The summed E-state index contributed by atoms with van der Waals surface area (Å²) in [6, 6.07) is -0.860. The molecule has 0 saturated carbocycles. The number of hydrogen-bond donors (Lipinski definition) is 1. The molecule has 0 spiro atoms. The number of likely N-dealkylation sites (tertiary alicyclic amines) is 1. The van der Waals surface area contributed by atoms with Crippen LogP contribution in [0.4, 0.5) is 4.79 Å². The van der Waals surface area contributed by atoms with E-state index in [1.54, 1.807) is 39.8 Å². The molecule has 1 unspecified atom stereocenters. The lowest BCUT2D eigenvalue weighted by atomic mass is 9.94. The summed E-state index contributed by atoms with van der Waals surface area (Å²) < 4.78 is 10.2. The monoisotopic (exact) mass is 380 g/mol. The van der Waals surface area contributed by atoms with Gasteiger partial charge in [-0.3, -0.25) is 4.79 Å². The van der Waals surface area contributed by atoms with Crippen molar-refractivity contribution in [2.45, 2.75) is 76.6 Å². The molecule has 3 atom stereocenters. The number of methoxy groups -OCH3 is 1. The van der Waals surface area contributed by atoms with Crippen molar-refractivity contribution in [3.63, 3.8) is 0 Å². The summed E-state index contributed by atoms with van der Waals surface area (Å²) >= 11 is 0. The SMILES string of the molecule is C=CCC1CC[C@@H](C(=O)OC)N1C(=O)[C@](C)(CC=C)NC(=O)OC(C)(C)C. The number of ether oxygens (including phenoxy) is 2. The smallest absolute Gasteiger partial charge is 0.408 e. The van der Waals surface area contributed by atoms with Crippen molar-refractivity contribution in [2.24, 2.45) is 0 Å². The quantitative estimate of drug-likeness (QED) is 0.542. The van der Waals surface area contributed by atoms with Gasteiger partial charge in [0.25, 0.3) is 0 Å². The van der Waals surface area contributed by atoms with Gasteiger partial charge in [-0.05, 0) is 53.4 Å². The van der Waals surface area contributed by atoms with Crippen LogP contribution in [0.25, 0.3) is 0 Å². The van der Waals surface area contributed by atoms with E-state index in [2.05, 4.69) is 18.5 Å². The van der Waals surface area contributed by atoms with Gasteiger partial charge in [-0.25, -0.2) is 9.59 Å². The molecule has 0 radical (unpaired) electrons. The van der Waals surface area contributed by atoms with Gasteiger partial charge in [0.2, 0.25) is 5.91 Å². The van der Waals surface area contributed by atoms with Crippen LogP contribution in [-0.2, 0) is 19.1 Å². The molecule has 7 heteroatoms. The van der Waals surface area contributed by atoms with Crippen molar-refractivity contribution in [2.75, 3.05) is 7.11 Å². The molecule has 1 aliphatic rings. The van der Waals surface area contributed by atoms with Crippen molar-refractivity contribution in [1.82, 2.24) is 10.2 Å². The van der Waals surface area contributed by atoms with Crippen molar-refractivity contribution in [1.29, 1.82) is 0 Å². The molecule has 0 aliphatic carbocycles. The van der Waals surface area contributed by atoms with Crippen molar-refractivity contribution in [3.05, 3.63) is 25.3 Å². The van der Waals surface area contributed by atoms with Crippen LogP contribution < -0.4 is 5.32 Å². The fourth-order valence-electron chi connectivity index (χ4n) is 3.28. The maximum Gasteiger partial charge on any atom is 0.408 e. The first-order valence-corrected chi connectivity index (χ1v) is 9.12. The van der Waals surface area contributed by atoms with E-state index in [9.17, 15) is 14.4 Å². The third kappa shape index (κ3) is 5.84. The number of hydrogen-bond acceptors (Lipinski definition) is 5. The average molecular weight is 380 g/mol. The van der Waals surface area contributed by atoms with Gasteiger partial charge in [0.15, 0.2) is 0 Å². The predicted molar refractivity (Wildman–Crippen MR) is 103 cm³/mol. The van der Waals surface area contributed by atoms with Crippen LogP contribution in [0, 0.1) is 0 Å². The van der Waals surface area contributed by atoms with Gasteiger partial charge in [0.05, 0.1) is 7.11 Å². The van der Waals surface area contributed by atoms with Gasteiger partial charge in [0, 0.05) is 6.04 Å². The van der Waals surface area contributed by atoms with Gasteiger partial charge in [-0.2, -0.15) is 0 Å². The van der Waals surface area contributed by atoms with Crippen molar-refractivity contribution < 1.29 is 23.9 Å². The zero-order valence-corrected chi connectivity index (χ0v) is 17.0. The van der Waals surface area contributed by atoms with Gasteiger partial charge in [-0.1, -0.05) is 12.2 Å². The summed E-state index contributed by atoms with van der Waals surface area (Å²) in [5, 5.41) is 2.67. The normalized spacial score (nSPS) is 21.7. The van der Waals surface area contributed by atoms with E-state index >= 15 is 0 Å². The lowest BCUT2D eigenvalue weighted by molar-refractivity contribution is -0.154. The third-order valence-electron chi connectivity index (χ3n) is 4.45. The highest BCUT2D eigenvalue weighted by molar-refractivity contribution is 5.93.